The lowest BCUT2D eigenvalue weighted by molar-refractivity contribution is -0.146. The zero-order valence-corrected chi connectivity index (χ0v) is 18.6. The van der Waals surface area contributed by atoms with Gasteiger partial charge >= 0.3 is 5.97 Å². The average molecular weight is 422 g/mol. The number of carbonyl (C=O) groups excluding carboxylic acids is 1. The smallest absolute Gasteiger partial charge is 0.328 e. The summed E-state index contributed by atoms with van der Waals surface area (Å²) in [5.74, 6) is -1.30. The van der Waals surface area contributed by atoms with Crippen LogP contribution in [0.2, 0.25) is 0 Å². The summed E-state index contributed by atoms with van der Waals surface area (Å²) in [4.78, 5) is 23.7. The molecule has 0 saturated carbocycles. The Hall–Kier alpha value is -1.92. The lowest BCUT2D eigenvalue weighted by Gasteiger charge is -2.22. The molecule has 2 atom stereocenters. The first-order valence-corrected chi connectivity index (χ1v) is 11.2. The molecule has 0 aromatic heterocycles. The van der Waals surface area contributed by atoms with Gasteiger partial charge in [-0.2, -0.15) is 0 Å². The van der Waals surface area contributed by atoms with Crippen LogP contribution in [0.4, 0.5) is 0 Å². The van der Waals surface area contributed by atoms with Crippen molar-refractivity contribution in [3.05, 3.63) is 35.9 Å². The van der Waals surface area contributed by atoms with Gasteiger partial charge in [-0.1, -0.05) is 75.3 Å². The number of amides is 1. The molecule has 1 amide bonds. The van der Waals surface area contributed by atoms with E-state index in [1.54, 1.807) is 14.0 Å². The van der Waals surface area contributed by atoms with Gasteiger partial charge in [0.15, 0.2) is 6.04 Å². The molecule has 6 nitrogen and oxygen atoms in total. The molecule has 0 fully saturated rings. The Balaban J connectivity index is 2.14. The maximum atomic E-state index is 12.2. The molecular formula is C24H39NO5. The number of carbonyl (C=O) groups is 2. The first kappa shape index (κ1) is 26.1. The maximum Gasteiger partial charge on any atom is 0.328 e. The third-order valence-electron chi connectivity index (χ3n) is 5.16. The molecular weight excluding hydrogens is 382 g/mol. The highest BCUT2D eigenvalue weighted by atomic mass is 16.5. The minimum atomic E-state index is -1.07. The van der Waals surface area contributed by atoms with E-state index in [4.69, 9.17) is 9.47 Å². The quantitative estimate of drug-likeness (QED) is 0.335. The second-order valence-electron chi connectivity index (χ2n) is 7.81. The third kappa shape index (κ3) is 12.6. The molecule has 0 saturated heterocycles. The van der Waals surface area contributed by atoms with Crippen LogP contribution in [0.15, 0.2) is 30.3 Å². The summed E-state index contributed by atoms with van der Waals surface area (Å²) in [6, 6.07) is 8.52. The summed E-state index contributed by atoms with van der Waals surface area (Å²) in [6.07, 6.45) is 9.93. The van der Waals surface area contributed by atoms with Crippen molar-refractivity contribution >= 4 is 11.9 Å². The van der Waals surface area contributed by atoms with Gasteiger partial charge in [-0.05, 0) is 25.3 Å². The minimum Gasteiger partial charge on any atom is -0.480 e. The van der Waals surface area contributed by atoms with Gasteiger partial charge in [0.2, 0.25) is 5.91 Å². The number of hydrogen-bond donors (Lipinski definition) is 2. The fourth-order valence-electron chi connectivity index (χ4n) is 3.29. The molecule has 2 N–H and O–H groups in total. The van der Waals surface area contributed by atoms with Gasteiger partial charge in [-0.15, -0.1) is 0 Å². The van der Waals surface area contributed by atoms with Crippen molar-refractivity contribution in [1.29, 1.82) is 0 Å². The van der Waals surface area contributed by atoms with E-state index < -0.39 is 18.1 Å². The lowest BCUT2D eigenvalue weighted by Crippen LogP contribution is -2.48. The Morgan fingerprint density at radius 2 is 1.50 bits per heavy atom. The molecule has 0 spiro atoms. The van der Waals surface area contributed by atoms with E-state index >= 15 is 0 Å². The summed E-state index contributed by atoms with van der Waals surface area (Å²) in [6.45, 7) is 2.84. The monoisotopic (exact) mass is 421 g/mol. The molecule has 1 aromatic rings. The number of ether oxygens (including phenoxy) is 2. The summed E-state index contributed by atoms with van der Waals surface area (Å²) in [7, 11) is 1.74. The van der Waals surface area contributed by atoms with Crippen molar-refractivity contribution in [3.63, 3.8) is 0 Å². The fourth-order valence-corrected chi connectivity index (χ4v) is 3.29. The van der Waals surface area contributed by atoms with Gasteiger partial charge in [-0.3, -0.25) is 4.79 Å². The number of unbranched alkanes of at least 4 members (excludes halogenated alkanes) is 8. The number of hydrogen-bond acceptors (Lipinski definition) is 4. The van der Waals surface area contributed by atoms with Gasteiger partial charge in [-0.25, -0.2) is 4.79 Å². The first-order chi connectivity index (χ1) is 14.5. The molecule has 1 rings (SSSR count). The Labute approximate surface area is 181 Å². The van der Waals surface area contributed by atoms with Crippen molar-refractivity contribution in [2.24, 2.45) is 0 Å². The molecule has 6 heteroatoms. The van der Waals surface area contributed by atoms with Crippen LogP contribution in [0, 0.1) is 0 Å². The number of rotatable bonds is 18. The van der Waals surface area contributed by atoms with Gasteiger partial charge in [0.05, 0.1) is 12.7 Å². The van der Waals surface area contributed by atoms with Crippen molar-refractivity contribution in [1.82, 2.24) is 5.32 Å². The molecule has 1 aromatic carbocycles. The van der Waals surface area contributed by atoms with Crippen molar-refractivity contribution in [3.8, 4) is 0 Å². The molecule has 0 heterocycles. The van der Waals surface area contributed by atoms with Crippen molar-refractivity contribution < 1.29 is 24.2 Å². The van der Waals surface area contributed by atoms with Gasteiger partial charge < -0.3 is 19.9 Å². The first-order valence-electron chi connectivity index (χ1n) is 11.2. The highest BCUT2D eigenvalue weighted by molar-refractivity contribution is 5.83. The number of aliphatic carboxylic acids is 1. The highest BCUT2D eigenvalue weighted by Gasteiger charge is 2.27. The van der Waals surface area contributed by atoms with E-state index in [0.29, 0.717) is 13.0 Å². The number of benzene rings is 1. The van der Waals surface area contributed by atoms with Crippen LogP contribution in [-0.2, 0) is 25.7 Å². The molecule has 0 radical (unpaired) electrons. The summed E-state index contributed by atoms with van der Waals surface area (Å²) in [5, 5.41) is 12.1. The van der Waals surface area contributed by atoms with E-state index in [0.717, 1.165) is 37.9 Å². The second kappa shape index (κ2) is 16.8. The van der Waals surface area contributed by atoms with Crippen LogP contribution in [0.1, 0.15) is 76.7 Å². The molecule has 170 valence electrons. The Morgan fingerprint density at radius 3 is 2.07 bits per heavy atom. The molecule has 0 aliphatic rings. The van der Waals surface area contributed by atoms with Crippen LogP contribution < -0.4 is 5.32 Å². The van der Waals surface area contributed by atoms with E-state index in [9.17, 15) is 14.7 Å². The standard InChI is InChI=1S/C24H39NO5/c1-20(30-19-21-15-11-10-12-16-21)23(24(27)28)25-22(26)17-13-8-6-4-3-5-7-9-14-18-29-2/h10-12,15-16,20,23H,3-9,13-14,17-19H2,1-2H3,(H,25,26)(H,27,28)/t20?,23-/m0/s1. The van der Waals surface area contributed by atoms with Gasteiger partial charge in [0.25, 0.3) is 0 Å². The largest absolute Gasteiger partial charge is 0.480 e. The summed E-state index contributed by atoms with van der Waals surface area (Å²) in [5.41, 5.74) is 0.967. The van der Waals surface area contributed by atoms with Crippen molar-refractivity contribution in [2.45, 2.75) is 89.9 Å². The molecule has 0 bridgehead atoms. The summed E-state index contributed by atoms with van der Waals surface area (Å²) < 4.78 is 10.7. The number of carboxylic acid groups (broad SMARTS) is 1. The predicted molar refractivity (Wildman–Crippen MR) is 118 cm³/mol. The molecule has 0 aliphatic heterocycles. The molecule has 30 heavy (non-hydrogen) atoms. The second-order valence-corrected chi connectivity index (χ2v) is 7.81. The molecule has 0 aliphatic carbocycles. The normalized spacial score (nSPS) is 13.0. The van der Waals surface area contributed by atoms with Crippen molar-refractivity contribution in [2.75, 3.05) is 13.7 Å². The Morgan fingerprint density at radius 1 is 0.933 bits per heavy atom. The number of carboxylic acids is 1. The van der Waals surface area contributed by atoms with E-state index in [2.05, 4.69) is 5.32 Å². The topological polar surface area (TPSA) is 84.9 Å². The molecule has 1 unspecified atom stereocenters. The minimum absolute atomic E-state index is 0.226. The van der Waals surface area contributed by atoms with E-state index in [1.165, 1.54) is 32.1 Å². The zero-order chi connectivity index (χ0) is 22.0. The van der Waals surface area contributed by atoms with E-state index in [-0.39, 0.29) is 5.91 Å². The van der Waals surface area contributed by atoms with E-state index in [1.807, 2.05) is 30.3 Å². The zero-order valence-electron chi connectivity index (χ0n) is 18.6. The SMILES string of the molecule is COCCCCCCCCCCCC(=O)N[C@H](C(=O)O)C(C)OCc1ccccc1. The van der Waals surface area contributed by atoms with Gasteiger partial charge in [0.1, 0.15) is 0 Å². The van der Waals surface area contributed by atoms with Crippen LogP contribution in [-0.4, -0.2) is 42.8 Å². The fraction of sp³-hybridized carbons (Fsp3) is 0.667. The highest BCUT2D eigenvalue weighted by Crippen LogP contribution is 2.11. The number of nitrogens with one attached hydrogen (secondary N) is 1. The average Bonchev–Trinajstić information content (AvgIpc) is 2.74. The Kier molecular flexibility index (Phi) is 14.7. The maximum absolute atomic E-state index is 12.2. The number of methoxy groups -OCH3 is 1. The van der Waals surface area contributed by atoms with Crippen LogP contribution in [0.25, 0.3) is 0 Å². The third-order valence-corrected chi connectivity index (χ3v) is 5.16. The predicted octanol–water partition coefficient (Wildman–Crippen LogP) is 4.71. The Bertz CT molecular complexity index is 578. The summed E-state index contributed by atoms with van der Waals surface area (Å²) >= 11 is 0. The van der Waals surface area contributed by atoms with Crippen LogP contribution >= 0.6 is 0 Å². The van der Waals surface area contributed by atoms with Crippen LogP contribution in [0.5, 0.6) is 0 Å². The van der Waals surface area contributed by atoms with Gasteiger partial charge in [0, 0.05) is 20.1 Å². The van der Waals surface area contributed by atoms with Crippen LogP contribution in [0.3, 0.4) is 0 Å². The lowest BCUT2D eigenvalue weighted by atomic mass is 10.1.